The van der Waals surface area contributed by atoms with Gasteiger partial charge in [-0.05, 0) is 23.8 Å². The Bertz CT molecular complexity index is 744. The lowest BCUT2D eigenvalue weighted by Crippen LogP contribution is -2.35. The van der Waals surface area contributed by atoms with Crippen molar-refractivity contribution in [1.82, 2.24) is 10.2 Å². The number of carbonyl (C=O) groups is 2. The van der Waals surface area contributed by atoms with Crippen LogP contribution in [0.2, 0.25) is 0 Å². The second-order valence-electron chi connectivity index (χ2n) is 5.36. The molecule has 0 aliphatic carbocycles. The summed E-state index contributed by atoms with van der Waals surface area (Å²) < 4.78 is 0. The van der Waals surface area contributed by atoms with E-state index in [4.69, 9.17) is 0 Å². The van der Waals surface area contributed by atoms with E-state index >= 15 is 0 Å². The predicted molar refractivity (Wildman–Crippen MR) is 84.1 cm³/mol. The van der Waals surface area contributed by atoms with Gasteiger partial charge in [-0.25, -0.2) is 9.98 Å². The summed E-state index contributed by atoms with van der Waals surface area (Å²) in [6.45, 7) is 0.483. The summed E-state index contributed by atoms with van der Waals surface area (Å²) in [4.78, 5) is 33.9. The molecule has 0 atom stereocenters. The average Bonchev–Trinajstić information content (AvgIpc) is 2.90. The lowest BCUT2D eigenvalue weighted by molar-refractivity contribution is -0.114. The number of nitrogens with one attached hydrogen (secondary N) is 1. The van der Waals surface area contributed by atoms with Gasteiger partial charge < -0.3 is 10.2 Å². The predicted octanol–water partition coefficient (Wildman–Crippen LogP) is 0.798. The third kappa shape index (κ3) is 2.67. The monoisotopic (exact) mass is 296 g/mol. The van der Waals surface area contributed by atoms with Gasteiger partial charge in [0, 0.05) is 32.6 Å². The van der Waals surface area contributed by atoms with Crippen LogP contribution in [-0.2, 0) is 11.2 Å². The Balaban J connectivity index is 1.82. The maximum Gasteiger partial charge on any atom is 0.272 e. The molecule has 0 radical (unpaired) electrons. The maximum atomic E-state index is 12.0. The SMILES string of the molecule is CN(C)C(=O)c1cccc(CC2=NC3=CCNC(=O)C3=N2)c1. The van der Waals surface area contributed by atoms with Crippen molar-refractivity contribution in [1.29, 1.82) is 0 Å². The summed E-state index contributed by atoms with van der Waals surface area (Å²) in [5, 5.41) is 2.70. The van der Waals surface area contributed by atoms with Crippen LogP contribution in [0.4, 0.5) is 0 Å². The number of amidine groups is 1. The zero-order chi connectivity index (χ0) is 15.7. The minimum atomic E-state index is -0.187. The van der Waals surface area contributed by atoms with Gasteiger partial charge in [-0.3, -0.25) is 9.59 Å². The number of aliphatic imine (C=N–C) groups is 2. The number of rotatable bonds is 3. The van der Waals surface area contributed by atoms with Gasteiger partial charge in [0.15, 0.2) is 5.71 Å². The summed E-state index contributed by atoms with van der Waals surface area (Å²) in [7, 11) is 3.44. The fourth-order valence-electron chi connectivity index (χ4n) is 2.37. The molecule has 0 bridgehead atoms. The number of fused-ring (bicyclic) bond motifs is 1. The zero-order valence-corrected chi connectivity index (χ0v) is 12.5. The van der Waals surface area contributed by atoms with Crippen molar-refractivity contribution in [2.75, 3.05) is 20.6 Å². The number of hydrogen-bond donors (Lipinski definition) is 1. The van der Waals surface area contributed by atoms with Crippen molar-refractivity contribution in [3.8, 4) is 0 Å². The topological polar surface area (TPSA) is 74.1 Å². The van der Waals surface area contributed by atoms with E-state index in [0.717, 1.165) is 5.56 Å². The van der Waals surface area contributed by atoms with Crippen molar-refractivity contribution in [2.45, 2.75) is 6.42 Å². The van der Waals surface area contributed by atoms with E-state index in [1.165, 1.54) is 4.90 Å². The summed E-state index contributed by atoms with van der Waals surface area (Å²) >= 11 is 0. The quantitative estimate of drug-likeness (QED) is 0.896. The number of carbonyl (C=O) groups excluding carboxylic acids is 2. The highest BCUT2D eigenvalue weighted by molar-refractivity contribution is 6.48. The number of amides is 2. The van der Waals surface area contributed by atoms with E-state index in [-0.39, 0.29) is 11.8 Å². The third-order valence-corrected chi connectivity index (χ3v) is 3.45. The molecule has 0 saturated heterocycles. The van der Waals surface area contributed by atoms with Gasteiger partial charge in [0.1, 0.15) is 5.84 Å². The molecule has 2 aliphatic rings. The van der Waals surface area contributed by atoms with Gasteiger partial charge in [0.25, 0.3) is 11.8 Å². The van der Waals surface area contributed by atoms with Gasteiger partial charge in [-0.15, -0.1) is 0 Å². The minimum Gasteiger partial charge on any atom is -0.347 e. The lowest BCUT2D eigenvalue weighted by Gasteiger charge is -2.10. The molecule has 22 heavy (non-hydrogen) atoms. The molecule has 112 valence electrons. The molecule has 6 heteroatoms. The first-order valence-electron chi connectivity index (χ1n) is 7.00. The number of nitrogens with zero attached hydrogens (tertiary/aromatic N) is 3. The summed E-state index contributed by atoms with van der Waals surface area (Å²) in [5.41, 5.74) is 2.58. The van der Waals surface area contributed by atoms with E-state index in [1.54, 1.807) is 20.2 Å². The molecule has 0 unspecified atom stereocenters. The first-order chi connectivity index (χ1) is 10.5. The molecule has 2 heterocycles. The van der Waals surface area contributed by atoms with Gasteiger partial charge in [-0.2, -0.15) is 0 Å². The van der Waals surface area contributed by atoms with Crippen LogP contribution >= 0.6 is 0 Å². The Morgan fingerprint density at radius 3 is 2.86 bits per heavy atom. The van der Waals surface area contributed by atoms with Crippen LogP contribution in [0.15, 0.2) is 46.0 Å². The van der Waals surface area contributed by atoms with Crippen LogP contribution in [-0.4, -0.2) is 48.9 Å². The zero-order valence-electron chi connectivity index (χ0n) is 12.5. The molecular formula is C16H16N4O2. The van der Waals surface area contributed by atoms with E-state index in [0.29, 0.717) is 35.8 Å². The highest BCUT2D eigenvalue weighted by Crippen LogP contribution is 2.16. The van der Waals surface area contributed by atoms with Crippen molar-refractivity contribution in [3.63, 3.8) is 0 Å². The van der Waals surface area contributed by atoms with Gasteiger partial charge in [-0.1, -0.05) is 12.1 Å². The molecule has 2 aliphatic heterocycles. The minimum absolute atomic E-state index is 0.0442. The Morgan fingerprint density at radius 2 is 2.14 bits per heavy atom. The van der Waals surface area contributed by atoms with Gasteiger partial charge in [0.2, 0.25) is 0 Å². The molecule has 0 aromatic heterocycles. The molecule has 0 saturated carbocycles. The standard InChI is InChI=1S/C16H16N4O2/c1-20(2)16(22)11-5-3-4-10(8-11)9-13-18-12-6-7-17-15(21)14(12)19-13/h3-6,8H,7,9H2,1-2H3,(H,17,21). The van der Waals surface area contributed by atoms with Crippen molar-refractivity contribution < 1.29 is 9.59 Å². The normalized spacial score (nSPS) is 16.3. The van der Waals surface area contributed by atoms with E-state index < -0.39 is 0 Å². The number of benzene rings is 1. The third-order valence-electron chi connectivity index (χ3n) is 3.45. The molecule has 6 nitrogen and oxygen atoms in total. The van der Waals surface area contributed by atoms with Crippen LogP contribution in [0.5, 0.6) is 0 Å². The first-order valence-corrected chi connectivity index (χ1v) is 7.00. The maximum absolute atomic E-state index is 12.0. The molecule has 3 rings (SSSR count). The molecule has 1 N–H and O–H groups in total. The van der Waals surface area contributed by atoms with E-state index in [2.05, 4.69) is 15.3 Å². The molecule has 0 fully saturated rings. The van der Waals surface area contributed by atoms with Crippen molar-refractivity contribution in [2.24, 2.45) is 9.98 Å². The van der Waals surface area contributed by atoms with Crippen LogP contribution in [0.25, 0.3) is 0 Å². The summed E-state index contributed by atoms with van der Waals surface area (Å²) in [5.74, 6) is 0.359. The second-order valence-corrected chi connectivity index (χ2v) is 5.36. The Morgan fingerprint density at radius 1 is 1.32 bits per heavy atom. The van der Waals surface area contributed by atoms with Crippen LogP contribution in [0.3, 0.4) is 0 Å². The smallest absolute Gasteiger partial charge is 0.272 e. The summed E-state index contributed by atoms with van der Waals surface area (Å²) in [6.07, 6.45) is 2.34. The van der Waals surface area contributed by atoms with Crippen molar-refractivity contribution in [3.05, 3.63) is 47.2 Å². The molecule has 2 amide bonds. The lowest BCUT2D eigenvalue weighted by atomic mass is 10.1. The Hall–Kier alpha value is -2.76. The van der Waals surface area contributed by atoms with Crippen LogP contribution in [0, 0.1) is 0 Å². The summed E-state index contributed by atoms with van der Waals surface area (Å²) in [6, 6.07) is 7.38. The fraction of sp³-hybridized carbons (Fsp3) is 0.250. The van der Waals surface area contributed by atoms with E-state index in [1.807, 2.05) is 24.3 Å². The molecular weight excluding hydrogens is 280 g/mol. The number of hydrogen-bond acceptors (Lipinski definition) is 4. The molecule has 0 spiro atoms. The van der Waals surface area contributed by atoms with Crippen molar-refractivity contribution >= 4 is 23.4 Å². The second kappa shape index (κ2) is 5.55. The highest BCUT2D eigenvalue weighted by Gasteiger charge is 2.25. The highest BCUT2D eigenvalue weighted by atomic mass is 16.2. The molecule has 1 aromatic carbocycles. The Kier molecular flexibility index (Phi) is 3.58. The first kappa shape index (κ1) is 14.2. The Labute approximate surface area is 128 Å². The largest absolute Gasteiger partial charge is 0.347 e. The molecule has 1 aromatic rings. The van der Waals surface area contributed by atoms with E-state index in [9.17, 15) is 9.59 Å². The fourth-order valence-corrected chi connectivity index (χ4v) is 2.37. The average molecular weight is 296 g/mol. The van der Waals surface area contributed by atoms with Crippen LogP contribution < -0.4 is 5.32 Å². The van der Waals surface area contributed by atoms with Gasteiger partial charge >= 0.3 is 0 Å². The van der Waals surface area contributed by atoms with Crippen LogP contribution in [0.1, 0.15) is 15.9 Å². The van der Waals surface area contributed by atoms with Gasteiger partial charge in [0.05, 0.1) is 5.70 Å².